The Bertz CT molecular complexity index is 575. The van der Waals surface area contributed by atoms with E-state index in [-0.39, 0.29) is 12.0 Å². The van der Waals surface area contributed by atoms with Crippen LogP contribution in [0.4, 0.5) is 4.79 Å². The van der Waals surface area contributed by atoms with Crippen LogP contribution >= 0.6 is 0 Å². The van der Waals surface area contributed by atoms with Crippen LogP contribution in [0.15, 0.2) is 18.3 Å². The van der Waals surface area contributed by atoms with Gasteiger partial charge in [0.05, 0.1) is 18.2 Å². The molecule has 1 fully saturated rings. The number of carbonyl (C=O) groups excluding carboxylic acids is 1. The Morgan fingerprint density at radius 3 is 3.00 bits per heavy atom. The lowest BCUT2D eigenvalue weighted by atomic mass is 10.1. The maximum atomic E-state index is 12.0. The molecule has 1 atom stereocenters. The van der Waals surface area contributed by atoms with Crippen molar-refractivity contribution < 1.29 is 14.3 Å². The minimum Gasteiger partial charge on any atom is -0.477 e. The van der Waals surface area contributed by atoms with E-state index in [0.717, 1.165) is 6.42 Å². The third kappa shape index (κ3) is 4.62. The number of amides is 1. The first kappa shape index (κ1) is 16.1. The molecule has 118 valence electrons. The molecule has 2 rings (SSSR count). The maximum absolute atomic E-state index is 12.0. The highest BCUT2D eigenvalue weighted by molar-refractivity contribution is 5.68. The molecular weight excluding hydrogens is 282 g/mol. The molecule has 1 saturated heterocycles. The fraction of sp³-hybridized carbons (Fsp3) is 0.562. The van der Waals surface area contributed by atoms with Gasteiger partial charge < -0.3 is 14.4 Å². The second kappa shape index (κ2) is 6.65. The van der Waals surface area contributed by atoms with Gasteiger partial charge in [-0.05, 0) is 33.3 Å². The summed E-state index contributed by atoms with van der Waals surface area (Å²) >= 11 is 0. The quantitative estimate of drug-likeness (QED) is 0.858. The minimum atomic E-state index is -0.479. The van der Waals surface area contributed by atoms with E-state index in [2.05, 4.69) is 4.98 Å². The van der Waals surface area contributed by atoms with Gasteiger partial charge in [-0.3, -0.25) is 0 Å². The highest BCUT2D eigenvalue weighted by Gasteiger charge is 2.30. The zero-order valence-corrected chi connectivity index (χ0v) is 13.2. The van der Waals surface area contributed by atoms with Gasteiger partial charge in [0.1, 0.15) is 5.60 Å². The molecule has 1 amide bonds. The molecule has 22 heavy (non-hydrogen) atoms. The summed E-state index contributed by atoms with van der Waals surface area (Å²) < 4.78 is 11.0. The van der Waals surface area contributed by atoms with E-state index < -0.39 is 5.60 Å². The SMILES string of the molecule is CC(C)(C)OC(=O)N1CC[C@@H](COc2cc(C#N)ccn2)C1. The fourth-order valence-electron chi connectivity index (χ4n) is 2.22. The van der Waals surface area contributed by atoms with Crippen LogP contribution in [0.5, 0.6) is 5.88 Å². The van der Waals surface area contributed by atoms with Gasteiger partial charge in [-0.2, -0.15) is 5.26 Å². The van der Waals surface area contributed by atoms with Gasteiger partial charge >= 0.3 is 6.09 Å². The van der Waals surface area contributed by atoms with E-state index in [4.69, 9.17) is 14.7 Å². The summed E-state index contributed by atoms with van der Waals surface area (Å²) in [4.78, 5) is 17.8. The second-order valence-corrected chi connectivity index (χ2v) is 6.39. The average Bonchev–Trinajstić information content (AvgIpc) is 2.92. The van der Waals surface area contributed by atoms with E-state index in [1.54, 1.807) is 23.2 Å². The fourth-order valence-corrected chi connectivity index (χ4v) is 2.22. The van der Waals surface area contributed by atoms with Crippen molar-refractivity contribution in [1.29, 1.82) is 5.26 Å². The van der Waals surface area contributed by atoms with Crippen molar-refractivity contribution in [3.05, 3.63) is 23.9 Å². The second-order valence-electron chi connectivity index (χ2n) is 6.39. The summed E-state index contributed by atoms with van der Waals surface area (Å²) in [5, 5.41) is 8.84. The molecule has 0 saturated carbocycles. The Hall–Kier alpha value is -2.29. The molecule has 1 aromatic heterocycles. The Labute approximate surface area is 130 Å². The lowest BCUT2D eigenvalue weighted by Crippen LogP contribution is -2.35. The first-order valence-electron chi connectivity index (χ1n) is 7.34. The summed E-state index contributed by atoms with van der Waals surface area (Å²) in [6.07, 6.45) is 2.15. The number of rotatable bonds is 3. The van der Waals surface area contributed by atoms with Crippen molar-refractivity contribution in [1.82, 2.24) is 9.88 Å². The van der Waals surface area contributed by atoms with Crippen molar-refractivity contribution in [3.63, 3.8) is 0 Å². The molecular formula is C16H21N3O3. The van der Waals surface area contributed by atoms with Crippen LogP contribution in [0.1, 0.15) is 32.8 Å². The lowest BCUT2D eigenvalue weighted by Gasteiger charge is -2.24. The molecule has 0 unspecified atom stereocenters. The van der Waals surface area contributed by atoms with Gasteiger partial charge in [0.25, 0.3) is 0 Å². The number of nitrogens with zero attached hydrogens (tertiary/aromatic N) is 3. The number of likely N-dealkylation sites (tertiary alicyclic amines) is 1. The van der Waals surface area contributed by atoms with Crippen molar-refractivity contribution in [2.24, 2.45) is 5.92 Å². The summed E-state index contributed by atoms with van der Waals surface area (Å²) in [5.41, 5.74) is 0.0413. The highest BCUT2D eigenvalue weighted by Crippen LogP contribution is 2.20. The van der Waals surface area contributed by atoms with E-state index in [0.29, 0.717) is 31.1 Å². The zero-order valence-electron chi connectivity index (χ0n) is 13.2. The van der Waals surface area contributed by atoms with Gasteiger partial charge in [-0.15, -0.1) is 0 Å². The molecule has 0 aromatic carbocycles. The third-order valence-corrected chi connectivity index (χ3v) is 3.27. The Kier molecular flexibility index (Phi) is 4.86. The van der Waals surface area contributed by atoms with Gasteiger partial charge in [0.15, 0.2) is 0 Å². The van der Waals surface area contributed by atoms with Gasteiger partial charge in [-0.1, -0.05) is 0 Å². The molecule has 1 aliphatic heterocycles. The van der Waals surface area contributed by atoms with Crippen molar-refractivity contribution in [3.8, 4) is 11.9 Å². The van der Waals surface area contributed by atoms with Gasteiger partial charge in [0, 0.05) is 31.3 Å². The van der Waals surface area contributed by atoms with Crippen molar-refractivity contribution in [2.45, 2.75) is 32.8 Å². The molecule has 6 nitrogen and oxygen atoms in total. The first-order valence-corrected chi connectivity index (χ1v) is 7.34. The van der Waals surface area contributed by atoms with Gasteiger partial charge in [-0.25, -0.2) is 9.78 Å². The predicted molar refractivity (Wildman–Crippen MR) is 80.4 cm³/mol. The normalized spacial score (nSPS) is 17.9. The van der Waals surface area contributed by atoms with Crippen LogP contribution in [-0.4, -0.2) is 41.3 Å². The lowest BCUT2D eigenvalue weighted by molar-refractivity contribution is 0.0284. The van der Waals surface area contributed by atoms with Crippen LogP contribution in [0.25, 0.3) is 0 Å². The average molecular weight is 303 g/mol. The third-order valence-electron chi connectivity index (χ3n) is 3.27. The Balaban J connectivity index is 1.81. The minimum absolute atomic E-state index is 0.250. The number of aromatic nitrogens is 1. The Morgan fingerprint density at radius 2 is 2.32 bits per heavy atom. The summed E-state index contributed by atoms with van der Waals surface area (Å²) in [7, 11) is 0. The number of ether oxygens (including phenoxy) is 2. The summed E-state index contributed by atoms with van der Waals surface area (Å²) in [6, 6.07) is 5.29. The van der Waals surface area contributed by atoms with Gasteiger partial charge in [0.2, 0.25) is 5.88 Å². The molecule has 0 N–H and O–H groups in total. The molecule has 0 spiro atoms. The molecule has 1 aliphatic rings. The maximum Gasteiger partial charge on any atom is 0.410 e. The standard InChI is InChI=1S/C16H21N3O3/c1-16(2,3)22-15(20)19-7-5-13(10-19)11-21-14-8-12(9-17)4-6-18-14/h4,6,8,13H,5,7,10-11H2,1-3H3/t13-/m1/s1. The predicted octanol–water partition coefficient (Wildman–Crippen LogP) is 2.59. The van der Waals surface area contributed by atoms with Crippen LogP contribution in [0.2, 0.25) is 0 Å². The largest absolute Gasteiger partial charge is 0.477 e. The topological polar surface area (TPSA) is 75.4 Å². The monoisotopic (exact) mass is 303 g/mol. The number of nitriles is 1. The van der Waals surface area contributed by atoms with Crippen LogP contribution in [0, 0.1) is 17.2 Å². The molecule has 0 bridgehead atoms. The van der Waals surface area contributed by atoms with E-state index in [9.17, 15) is 4.79 Å². The summed E-state index contributed by atoms with van der Waals surface area (Å²) in [6.45, 7) is 7.34. The van der Waals surface area contributed by atoms with Crippen LogP contribution < -0.4 is 4.74 Å². The molecule has 2 heterocycles. The number of carbonyl (C=O) groups is 1. The number of pyridine rings is 1. The van der Waals surface area contributed by atoms with E-state index in [1.807, 2.05) is 26.8 Å². The highest BCUT2D eigenvalue weighted by atomic mass is 16.6. The number of hydrogen-bond acceptors (Lipinski definition) is 5. The molecule has 6 heteroatoms. The molecule has 1 aromatic rings. The zero-order chi connectivity index (χ0) is 16.2. The molecule has 0 aliphatic carbocycles. The smallest absolute Gasteiger partial charge is 0.410 e. The summed E-state index contributed by atoms with van der Waals surface area (Å²) in [5.74, 6) is 0.690. The van der Waals surface area contributed by atoms with Crippen molar-refractivity contribution >= 4 is 6.09 Å². The van der Waals surface area contributed by atoms with E-state index >= 15 is 0 Å². The van der Waals surface area contributed by atoms with Crippen molar-refractivity contribution in [2.75, 3.05) is 19.7 Å². The molecule has 0 radical (unpaired) electrons. The van der Waals surface area contributed by atoms with E-state index in [1.165, 1.54) is 0 Å². The number of hydrogen-bond donors (Lipinski definition) is 0. The van der Waals surface area contributed by atoms with Crippen LogP contribution in [0.3, 0.4) is 0 Å². The first-order chi connectivity index (χ1) is 10.4. The van der Waals surface area contributed by atoms with Crippen LogP contribution in [-0.2, 0) is 4.74 Å². The Morgan fingerprint density at radius 1 is 1.55 bits per heavy atom.